The predicted molar refractivity (Wildman–Crippen MR) is 100 cm³/mol. The van der Waals surface area contributed by atoms with Crippen LogP contribution in [-0.4, -0.2) is 27.4 Å². The molecule has 6 heteroatoms. The minimum absolute atomic E-state index is 0.112. The third-order valence-electron chi connectivity index (χ3n) is 3.83. The largest absolute Gasteiger partial charge is 0.352 e. The van der Waals surface area contributed by atoms with Crippen molar-refractivity contribution in [1.29, 1.82) is 0 Å². The topological polar surface area (TPSA) is 66.5 Å². The van der Waals surface area contributed by atoms with E-state index in [4.69, 9.17) is 0 Å². The molecule has 0 fully saturated rings. The maximum absolute atomic E-state index is 13.0. The van der Waals surface area contributed by atoms with Gasteiger partial charge in [-0.05, 0) is 43.7 Å². The van der Waals surface area contributed by atoms with Crippen LogP contribution >= 0.6 is 0 Å². The smallest absolute Gasteiger partial charge is 0.264 e. The molecule has 0 bridgehead atoms. The molecule has 0 saturated heterocycles. The molecule has 0 aromatic heterocycles. The number of rotatable bonds is 8. The molecule has 0 saturated carbocycles. The Hall–Kier alpha value is -2.34. The summed E-state index contributed by atoms with van der Waals surface area (Å²) in [5.74, 6) is -0.256. The fourth-order valence-electron chi connectivity index (χ4n) is 2.49. The van der Waals surface area contributed by atoms with Gasteiger partial charge in [0, 0.05) is 18.7 Å². The zero-order chi connectivity index (χ0) is 18.3. The van der Waals surface area contributed by atoms with Crippen molar-refractivity contribution >= 4 is 21.6 Å². The highest BCUT2D eigenvalue weighted by Crippen LogP contribution is 2.23. The van der Waals surface area contributed by atoms with Crippen LogP contribution in [0.4, 0.5) is 5.69 Å². The van der Waals surface area contributed by atoms with Crippen LogP contribution < -0.4 is 9.62 Å². The Kier molecular flexibility index (Phi) is 6.58. The fraction of sp³-hybridized carbons (Fsp3) is 0.316. The van der Waals surface area contributed by atoms with Crippen LogP contribution in [0.5, 0.6) is 0 Å². The highest BCUT2D eigenvalue weighted by Gasteiger charge is 2.24. The van der Waals surface area contributed by atoms with Gasteiger partial charge < -0.3 is 5.32 Å². The average Bonchev–Trinajstić information content (AvgIpc) is 2.63. The first-order chi connectivity index (χ1) is 12.0. The highest BCUT2D eigenvalue weighted by molar-refractivity contribution is 7.92. The third-order valence-corrected chi connectivity index (χ3v) is 5.73. The van der Waals surface area contributed by atoms with Gasteiger partial charge in [0.05, 0.1) is 10.6 Å². The van der Waals surface area contributed by atoms with E-state index in [0.29, 0.717) is 24.3 Å². The number of sulfonamides is 1. The van der Waals surface area contributed by atoms with Gasteiger partial charge in [-0.15, -0.1) is 0 Å². The molecule has 1 amide bonds. The molecule has 2 aromatic rings. The Labute approximate surface area is 149 Å². The number of hydrogen-bond donors (Lipinski definition) is 1. The summed E-state index contributed by atoms with van der Waals surface area (Å²) in [5, 5.41) is 2.81. The molecule has 2 rings (SSSR count). The molecule has 0 aliphatic heterocycles. The van der Waals surface area contributed by atoms with E-state index in [1.165, 1.54) is 16.4 Å². The summed E-state index contributed by atoms with van der Waals surface area (Å²) in [6, 6.07) is 15.1. The molecule has 134 valence electrons. The number of amides is 1. The Bertz CT molecular complexity index is 804. The maximum Gasteiger partial charge on any atom is 0.264 e. The monoisotopic (exact) mass is 360 g/mol. The molecule has 0 unspecified atom stereocenters. The molecule has 2 aromatic carbocycles. The normalized spacial score (nSPS) is 11.1. The van der Waals surface area contributed by atoms with E-state index in [9.17, 15) is 13.2 Å². The number of carbonyl (C=O) groups is 1. The van der Waals surface area contributed by atoms with Gasteiger partial charge in [0.25, 0.3) is 15.9 Å². The van der Waals surface area contributed by atoms with Gasteiger partial charge in [-0.25, -0.2) is 8.42 Å². The lowest BCUT2D eigenvalue weighted by Crippen LogP contribution is -2.31. The van der Waals surface area contributed by atoms with Crippen molar-refractivity contribution in [3.63, 3.8) is 0 Å². The SMILES string of the molecule is CCCCNC(=O)c1cccc(S(=O)(=O)N(CC)c2ccccc2)c1. The summed E-state index contributed by atoms with van der Waals surface area (Å²) in [7, 11) is -3.73. The van der Waals surface area contributed by atoms with Crippen molar-refractivity contribution in [2.45, 2.75) is 31.6 Å². The molecular weight excluding hydrogens is 336 g/mol. The van der Waals surface area contributed by atoms with Crippen LogP contribution in [0.15, 0.2) is 59.5 Å². The number of nitrogens with one attached hydrogen (secondary N) is 1. The first-order valence-electron chi connectivity index (χ1n) is 8.46. The lowest BCUT2D eigenvalue weighted by Gasteiger charge is -2.23. The van der Waals surface area contributed by atoms with Crippen LogP contribution in [0, 0.1) is 0 Å². The Morgan fingerprint density at radius 3 is 2.40 bits per heavy atom. The van der Waals surface area contributed by atoms with Crippen molar-refractivity contribution in [3.8, 4) is 0 Å². The lowest BCUT2D eigenvalue weighted by molar-refractivity contribution is 0.0953. The number of hydrogen-bond acceptors (Lipinski definition) is 3. The summed E-state index contributed by atoms with van der Waals surface area (Å²) >= 11 is 0. The molecule has 1 N–H and O–H groups in total. The summed E-state index contributed by atoms with van der Waals surface area (Å²) in [6.45, 7) is 4.71. The van der Waals surface area contributed by atoms with E-state index in [1.54, 1.807) is 43.3 Å². The fourth-order valence-corrected chi connectivity index (χ4v) is 4.01. The predicted octanol–water partition coefficient (Wildman–Crippen LogP) is 3.43. The van der Waals surface area contributed by atoms with E-state index in [2.05, 4.69) is 5.32 Å². The molecular formula is C19H24N2O3S. The zero-order valence-electron chi connectivity index (χ0n) is 14.6. The van der Waals surface area contributed by atoms with Crippen molar-refractivity contribution in [1.82, 2.24) is 5.32 Å². The number of carbonyl (C=O) groups excluding carboxylic acids is 1. The Balaban J connectivity index is 2.30. The average molecular weight is 360 g/mol. The number of anilines is 1. The van der Waals surface area contributed by atoms with Gasteiger partial charge in [0.15, 0.2) is 0 Å². The molecule has 0 aliphatic carbocycles. The van der Waals surface area contributed by atoms with Gasteiger partial charge in [0.2, 0.25) is 0 Å². The first-order valence-corrected chi connectivity index (χ1v) is 9.90. The molecule has 0 radical (unpaired) electrons. The van der Waals surface area contributed by atoms with Crippen LogP contribution in [0.1, 0.15) is 37.0 Å². The standard InChI is InChI=1S/C19H24N2O3S/c1-3-5-14-20-19(22)16-10-9-13-18(15-16)25(23,24)21(4-2)17-11-7-6-8-12-17/h6-13,15H,3-5,14H2,1-2H3,(H,20,22). The number of para-hydroxylation sites is 1. The minimum atomic E-state index is -3.73. The Morgan fingerprint density at radius 1 is 1.04 bits per heavy atom. The van der Waals surface area contributed by atoms with Gasteiger partial charge in [-0.1, -0.05) is 37.6 Å². The zero-order valence-corrected chi connectivity index (χ0v) is 15.4. The van der Waals surface area contributed by atoms with E-state index < -0.39 is 10.0 Å². The highest BCUT2D eigenvalue weighted by atomic mass is 32.2. The van der Waals surface area contributed by atoms with Gasteiger partial charge >= 0.3 is 0 Å². The van der Waals surface area contributed by atoms with Crippen molar-refractivity contribution in [2.75, 3.05) is 17.4 Å². The maximum atomic E-state index is 13.0. The second-order valence-electron chi connectivity index (χ2n) is 5.64. The van der Waals surface area contributed by atoms with E-state index in [0.717, 1.165) is 12.8 Å². The quantitative estimate of drug-likeness (QED) is 0.734. The second kappa shape index (κ2) is 8.67. The van der Waals surface area contributed by atoms with Crippen LogP contribution in [0.3, 0.4) is 0 Å². The molecule has 0 atom stereocenters. The minimum Gasteiger partial charge on any atom is -0.352 e. The molecule has 0 spiro atoms. The number of unbranched alkanes of at least 4 members (excludes halogenated alkanes) is 1. The van der Waals surface area contributed by atoms with Gasteiger partial charge in [-0.3, -0.25) is 9.10 Å². The second-order valence-corrected chi connectivity index (χ2v) is 7.50. The van der Waals surface area contributed by atoms with E-state index >= 15 is 0 Å². The van der Waals surface area contributed by atoms with Gasteiger partial charge in [-0.2, -0.15) is 0 Å². The molecule has 5 nitrogen and oxygen atoms in total. The van der Waals surface area contributed by atoms with E-state index in [-0.39, 0.29) is 10.8 Å². The van der Waals surface area contributed by atoms with Crippen LogP contribution in [0.2, 0.25) is 0 Å². The van der Waals surface area contributed by atoms with Crippen LogP contribution in [0.25, 0.3) is 0 Å². The first kappa shape index (κ1) is 19.0. The number of nitrogens with zero attached hydrogens (tertiary/aromatic N) is 1. The van der Waals surface area contributed by atoms with Crippen LogP contribution in [-0.2, 0) is 10.0 Å². The summed E-state index contributed by atoms with van der Waals surface area (Å²) in [6.07, 6.45) is 1.87. The summed E-state index contributed by atoms with van der Waals surface area (Å²) in [4.78, 5) is 12.3. The third kappa shape index (κ3) is 4.60. The molecule has 25 heavy (non-hydrogen) atoms. The van der Waals surface area contributed by atoms with Crippen molar-refractivity contribution in [3.05, 3.63) is 60.2 Å². The molecule has 0 aliphatic rings. The van der Waals surface area contributed by atoms with E-state index in [1.807, 2.05) is 13.0 Å². The molecule has 0 heterocycles. The van der Waals surface area contributed by atoms with Crippen molar-refractivity contribution in [2.24, 2.45) is 0 Å². The van der Waals surface area contributed by atoms with Gasteiger partial charge in [0.1, 0.15) is 0 Å². The number of benzene rings is 2. The lowest BCUT2D eigenvalue weighted by atomic mass is 10.2. The summed E-state index contributed by atoms with van der Waals surface area (Å²) in [5.41, 5.74) is 0.948. The summed E-state index contributed by atoms with van der Waals surface area (Å²) < 4.78 is 27.3. The van der Waals surface area contributed by atoms with Crippen molar-refractivity contribution < 1.29 is 13.2 Å². The Morgan fingerprint density at radius 2 is 1.76 bits per heavy atom.